The Labute approximate surface area is 126 Å². The van der Waals surface area contributed by atoms with Crippen molar-refractivity contribution in [2.45, 2.75) is 44.9 Å². The van der Waals surface area contributed by atoms with E-state index in [1.54, 1.807) is 0 Å². The van der Waals surface area contributed by atoms with E-state index in [-0.39, 0.29) is 23.8 Å². The molecular formula is C16H27N3O2. The summed E-state index contributed by atoms with van der Waals surface area (Å²) in [7, 11) is 0. The quantitative estimate of drug-likeness (QED) is 0.812. The Morgan fingerprint density at radius 1 is 1.14 bits per heavy atom. The molecule has 3 rings (SSSR count). The van der Waals surface area contributed by atoms with Crippen LogP contribution in [0.25, 0.3) is 0 Å². The highest BCUT2D eigenvalue weighted by atomic mass is 16.2. The van der Waals surface area contributed by atoms with Crippen LogP contribution in [0.4, 0.5) is 0 Å². The van der Waals surface area contributed by atoms with Gasteiger partial charge in [-0.15, -0.1) is 0 Å². The molecule has 0 spiro atoms. The standard InChI is InChI=1S/C16H27N3O2/c20-14(19-8-4-1-5-9-19)11-18-15(21)16-7-3-2-6-13(16)10-17-12-16/h13,17H,1-12H2,(H,18,21)/t13-,16+/m0/s1. The molecule has 3 fully saturated rings. The molecule has 5 nitrogen and oxygen atoms in total. The second-order valence-corrected chi connectivity index (χ2v) is 6.85. The van der Waals surface area contributed by atoms with E-state index in [4.69, 9.17) is 0 Å². The molecule has 5 heteroatoms. The fourth-order valence-electron chi connectivity index (χ4n) is 4.28. The van der Waals surface area contributed by atoms with Gasteiger partial charge in [0.25, 0.3) is 0 Å². The summed E-state index contributed by atoms with van der Waals surface area (Å²) in [6, 6.07) is 0. The van der Waals surface area contributed by atoms with Gasteiger partial charge in [-0.1, -0.05) is 12.8 Å². The van der Waals surface area contributed by atoms with Crippen molar-refractivity contribution in [3.8, 4) is 0 Å². The fraction of sp³-hybridized carbons (Fsp3) is 0.875. The van der Waals surface area contributed by atoms with E-state index in [1.165, 1.54) is 12.8 Å². The molecule has 2 aliphatic heterocycles. The Hall–Kier alpha value is -1.10. The smallest absolute Gasteiger partial charge is 0.241 e. The van der Waals surface area contributed by atoms with Gasteiger partial charge in [0.05, 0.1) is 12.0 Å². The predicted octanol–water partition coefficient (Wildman–Crippen LogP) is 0.895. The van der Waals surface area contributed by atoms with Crippen LogP contribution in [-0.2, 0) is 9.59 Å². The van der Waals surface area contributed by atoms with Gasteiger partial charge >= 0.3 is 0 Å². The molecule has 1 aliphatic carbocycles. The molecule has 0 bridgehead atoms. The summed E-state index contributed by atoms with van der Waals surface area (Å²) in [4.78, 5) is 26.7. The summed E-state index contributed by atoms with van der Waals surface area (Å²) in [6.07, 6.45) is 7.87. The number of nitrogens with one attached hydrogen (secondary N) is 2. The third-order valence-corrected chi connectivity index (χ3v) is 5.60. The van der Waals surface area contributed by atoms with E-state index in [0.29, 0.717) is 5.92 Å². The number of amides is 2. The van der Waals surface area contributed by atoms with E-state index >= 15 is 0 Å². The number of carbonyl (C=O) groups excluding carboxylic acids is 2. The van der Waals surface area contributed by atoms with Gasteiger partial charge in [0.15, 0.2) is 0 Å². The zero-order valence-corrected chi connectivity index (χ0v) is 12.8. The zero-order chi connectivity index (χ0) is 14.7. The summed E-state index contributed by atoms with van der Waals surface area (Å²) in [5.74, 6) is 0.636. The second kappa shape index (κ2) is 6.34. The van der Waals surface area contributed by atoms with E-state index in [1.807, 2.05) is 4.90 Å². The molecule has 1 saturated carbocycles. The summed E-state index contributed by atoms with van der Waals surface area (Å²) in [5.41, 5.74) is -0.250. The van der Waals surface area contributed by atoms with E-state index < -0.39 is 0 Å². The number of hydrogen-bond donors (Lipinski definition) is 2. The minimum atomic E-state index is -0.250. The van der Waals surface area contributed by atoms with Crippen LogP contribution in [0.2, 0.25) is 0 Å². The monoisotopic (exact) mass is 293 g/mol. The number of likely N-dealkylation sites (tertiary alicyclic amines) is 1. The minimum Gasteiger partial charge on any atom is -0.346 e. The third kappa shape index (κ3) is 2.93. The van der Waals surface area contributed by atoms with Crippen molar-refractivity contribution in [2.24, 2.45) is 11.3 Å². The molecule has 2 heterocycles. The van der Waals surface area contributed by atoms with Crippen molar-refractivity contribution in [2.75, 3.05) is 32.7 Å². The molecule has 2 N–H and O–H groups in total. The normalized spacial score (nSPS) is 32.6. The summed E-state index contributed by atoms with van der Waals surface area (Å²) < 4.78 is 0. The van der Waals surface area contributed by atoms with E-state index in [0.717, 1.165) is 58.3 Å². The Morgan fingerprint density at radius 3 is 2.76 bits per heavy atom. The Balaban J connectivity index is 1.54. The maximum absolute atomic E-state index is 12.7. The second-order valence-electron chi connectivity index (χ2n) is 6.85. The van der Waals surface area contributed by atoms with Crippen molar-refractivity contribution < 1.29 is 9.59 Å². The number of fused-ring (bicyclic) bond motifs is 1. The molecule has 0 radical (unpaired) electrons. The molecule has 0 aromatic rings. The Kier molecular flexibility index (Phi) is 4.48. The van der Waals surface area contributed by atoms with Gasteiger partial charge in [-0.05, 0) is 44.6 Å². The van der Waals surface area contributed by atoms with Crippen molar-refractivity contribution >= 4 is 11.8 Å². The molecule has 118 valence electrons. The lowest BCUT2D eigenvalue weighted by molar-refractivity contribution is -0.138. The average molecular weight is 293 g/mol. The van der Waals surface area contributed by atoms with Crippen LogP contribution in [-0.4, -0.2) is 49.4 Å². The summed E-state index contributed by atoms with van der Waals surface area (Å²) >= 11 is 0. The highest BCUT2D eigenvalue weighted by molar-refractivity contribution is 5.88. The van der Waals surface area contributed by atoms with Gasteiger partial charge < -0.3 is 15.5 Å². The number of hydrogen-bond acceptors (Lipinski definition) is 3. The lowest BCUT2D eigenvalue weighted by atomic mass is 9.67. The first-order valence-electron chi connectivity index (χ1n) is 8.49. The highest BCUT2D eigenvalue weighted by Crippen LogP contribution is 2.43. The van der Waals surface area contributed by atoms with E-state index in [9.17, 15) is 9.59 Å². The first-order valence-corrected chi connectivity index (χ1v) is 8.49. The molecule has 0 aromatic carbocycles. The Bertz CT molecular complexity index is 406. The molecule has 2 saturated heterocycles. The first-order chi connectivity index (χ1) is 10.2. The maximum atomic E-state index is 12.7. The minimum absolute atomic E-state index is 0.0813. The molecule has 21 heavy (non-hydrogen) atoms. The maximum Gasteiger partial charge on any atom is 0.241 e. The lowest BCUT2D eigenvalue weighted by Crippen LogP contribution is -2.51. The highest BCUT2D eigenvalue weighted by Gasteiger charge is 2.49. The molecular weight excluding hydrogens is 266 g/mol. The summed E-state index contributed by atoms with van der Waals surface area (Å²) in [6.45, 7) is 3.61. The van der Waals surface area contributed by atoms with Gasteiger partial charge in [-0.3, -0.25) is 9.59 Å². The van der Waals surface area contributed by atoms with Gasteiger partial charge in [0.2, 0.25) is 11.8 Å². The molecule has 2 atom stereocenters. The average Bonchev–Trinajstić information content (AvgIpc) is 2.98. The Morgan fingerprint density at radius 2 is 1.95 bits per heavy atom. The van der Waals surface area contributed by atoms with Crippen molar-refractivity contribution in [3.63, 3.8) is 0 Å². The van der Waals surface area contributed by atoms with Gasteiger partial charge in [0.1, 0.15) is 0 Å². The fourth-order valence-corrected chi connectivity index (χ4v) is 4.28. The van der Waals surface area contributed by atoms with Crippen molar-refractivity contribution in [3.05, 3.63) is 0 Å². The predicted molar refractivity (Wildman–Crippen MR) is 80.7 cm³/mol. The van der Waals surface area contributed by atoms with Crippen LogP contribution in [0.5, 0.6) is 0 Å². The summed E-state index contributed by atoms with van der Waals surface area (Å²) in [5, 5.41) is 6.32. The number of carbonyl (C=O) groups is 2. The van der Waals surface area contributed by atoms with Crippen molar-refractivity contribution in [1.82, 2.24) is 15.5 Å². The van der Waals surface area contributed by atoms with Gasteiger partial charge in [-0.2, -0.15) is 0 Å². The lowest BCUT2D eigenvalue weighted by Gasteiger charge is -2.37. The van der Waals surface area contributed by atoms with Crippen LogP contribution >= 0.6 is 0 Å². The SMILES string of the molecule is O=C(CNC(=O)[C@@]12CCCC[C@H]1CNC2)N1CCCCC1. The third-order valence-electron chi connectivity index (χ3n) is 5.60. The van der Waals surface area contributed by atoms with Crippen LogP contribution in [0.15, 0.2) is 0 Å². The van der Waals surface area contributed by atoms with Crippen LogP contribution in [0.3, 0.4) is 0 Å². The molecule has 2 amide bonds. The number of piperidine rings is 1. The van der Waals surface area contributed by atoms with Crippen molar-refractivity contribution in [1.29, 1.82) is 0 Å². The van der Waals surface area contributed by atoms with E-state index in [2.05, 4.69) is 10.6 Å². The van der Waals surface area contributed by atoms with Crippen LogP contribution in [0.1, 0.15) is 44.9 Å². The molecule has 3 aliphatic rings. The number of nitrogens with zero attached hydrogens (tertiary/aromatic N) is 1. The van der Waals surface area contributed by atoms with Gasteiger partial charge in [0, 0.05) is 19.6 Å². The number of rotatable bonds is 3. The molecule has 0 aromatic heterocycles. The van der Waals surface area contributed by atoms with Crippen LogP contribution in [0, 0.1) is 11.3 Å². The molecule has 0 unspecified atom stereocenters. The van der Waals surface area contributed by atoms with Crippen LogP contribution < -0.4 is 10.6 Å². The van der Waals surface area contributed by atoms with Gasteiger partial charge in [-0.25, -0.2) is 0 Å². The first kappa shape index (κ1) is 14.8. The topological polar surface area (TPSA) is 61.4 Å². The largest absolute Gasteiger partial charge is 0.346 e. The zero-order valence-electron chi connectivity index (χ0n) is 12.8.